The van der Waals surface area contributed by atoms with E-state index in [0.29, 0.717) is 4.32 Å². The normalized spacial score (nSPS) is 10.1. The molecule has 1 aromatic rings. The Morgan fingerprint density at radius 1 is 1.40 bits per heavy atom. The first-order valence-electron chi connectivity index (χ1n) is 5.23. The Morgan fingerprint density at radius 3 is 2.60 bits per heavy atom. The molecule has 0 amide bonds. The molecule has 0 aliphatic heterocycles. The number of benzene rings is 1. The van der Waals surface area contributed by atoms with E-state index in [4.69, 9.17) is 12.2 Å². The Morgan fingerprint density at radius 2 is 2.07 bits per heavy atom. The smallest absolute Gasteiger partial charge is 0.137 e. The fourth-order valence-electron chi connectivity index (χ4n) is 1.50. The maximum Gasteiger partial charge on any atom is 0.137 e. The van der Waals surface area contributed by atoms with Gasteiger partial charge in [0.2, 0.25) is 0 Å². The van der Waals surface area contributed by atoms with Crippen molar-refractivity contribution in [3.05, 3.63) is 29.8 Å². The highest BCUT2D eigenvalue weighted by Crippen LogP contribution is 2.21. The molecule has 3 heteroatoms. The molecule has 0 N–H and O–H groups in total. The van der Waals surface area contributed by atoms with E-state index in [1.54, 1.807) is 0 Å². The molecule has 0 radical (unpaired) electrons. The van der Waals surface area contributed by atoms with Crippen molar-refractivity contribution in [2.24, 2.45) is 0 Å². The van der Waals surface area contributed by atoms with Crippen molar-refractivity contribution in [2.75, 3.05) is 11.4 Å². The first-order chi connectivity index (χ1) is 7.16. The summed E-state index contributed by atoms with van der Waals surface area (Å²) >= 11 is 9.44. The van der Waals surface area contributed by atoms with Gasteiger partial charge in [-0.15, -0.1) is 12.6 Å². The second-order valence-electron chi connectivity index (χ2n) is 3.57. The van der Waals surface area contributed by atoms with Gasteiger partial charge in [-0.2, -0.15) is 0 Å². The highest BCUT2D eigenvalue weighted by molar-refractivity contribution is 8.11. The third-order valence-corrected chi connectivity index (χ3v) is 2.83. The van der Waals surface area contributed by atoms with Gasteiger partial charge in [0.15, 0.2) is 0 Å². The number of nitrogens with zero attached hydrogens (tertiary/aromatic N) is 1. The average Bonchev–Trinajstić information content (AvgIpc) is 2.20. The number of hydrogen-bond acceptors (Lipinski definition) is 1. The molecule has 1 rings (SSSR count). The van der Waals surface area contributed by atoms with Crippen LogP contribution in [0.25, 0.3) is 0 Å². The molecule has 0 spiro atoms. The van der Waals surface area contributed by atoms with Crippen LogP contribution in [0.5, 0.6) is 0 Å². The lowest BCUT2D eigenvalue weighted by Gasteiger charge is -2.24. The molecule has 1 nitrogen and oxygen atoms in total. The van der Waals surface area contributed by atoms with Crippen LogP contribution < -0.4 is 4.90 Å². The van der Waals surface area contributed by atoms with Gasteiger partial charge in [0.1, 0.15) is 4.32 Å². The van der Waals surface area contributed by atoms with Crippen LogP contribution >= 0.6 is 24.8 Å². The van der Waals surface area contributed by atoms with Crippen LogP contribution in [-0.4, -0.2) is 10.9 Å². The molecule has 0 aromatic heterocycles. The van der Waals surface area contributed by atoms with Gasteiger partial charge in [0.25, 0.3) is 0 Å². The fourth-order valence-corrected chi connectivity index (χ4v) is 1.90. The summed E-state index contributed by atoms with van der Waals surface area (Å²) in [4.78, 5) is 2.09. The topological polar surface area (TPSA) is 3.24 Å². The quantitative estimate of drug-likeness (QED) is 0.628. The highest BCUT2D eigenvalue weighted by atomic mass is 32.1. The summed E-state index contributed by atoms with van der Waals surface area (Å²) in [5, 5.41) is 0. The summed E-state index contributed by atoms with van der Waals surface area (Å²) in [7, 11) is 0. The summed E-state index contributed by atoms with van der Waals surface area (Å²) in [6.45, 7) is 5.22. The Balaban J connectivity index is 2.89. The number of hydrogen-bond donors (Lipinski definition) is 1. The van der Waals surface area contributed by atoms with Crippen LogP contribution in [0.4, 0.5) is 5.69 Å². The maximum atomic E-state index is 5.16. The molecule has 0 bridgehead atoms. The number of anilines is 1. The predicted molar refractivity (Wildman–Crippen MR) is 75.0 cm³/mol. The zero-order valence-corrected chi connectivity index (χ0v) is 10.9. The molecule has 15 heavy (non-hydrogen) atoms. The van der Waals surface area contributed by atoms with E-state index < -0.39 is 0 Å². The minimum absolute atomic E-state index is 0.651. The SMILES string of the molecule is CCCCN(C(=S)S)c1ccccc1C. The number of rotatable bonds is 4. The van der Waals surface area contributed by atoms with Gasteiger partial charge in [0, 0.05) is 12.2 Å². The van der Waals surface area contributed by atoms with Crippen molar-refractivity contribution < 1.29 is 0 Å². The third-order valence-electron chi connectivity index (χ3n) is 2.37. The zero-order valence-electron chi connectivity index (χ0n) is 9.23. The molecule has 0 unspecified atom stereocenters. The van der Waals surface area contributed by atoms with Crippen LogP contribution in [0.15, 0.2) is 24.3 Å². The minimum atomic E-state index is 0.651. The number of thiol groups is 1. The van der Waals surface area contributed by atoms with Crippen LogP contribution in [0, 0.1) is 6.92 Å². The lowest BCUT2D eigenvalue weighted by atomic mass is 10.2. The molecule has 0 fully saturated rings. The number of aryl methyl sites for hydroxylation is 1. The van der Waals surface area contributed by atoms with E-state index in [-0.39, 0.29) is 0 Å². The molecule has 1 aromatic carbocycles. The summed E-state index contributed by atoms with van der Waals surface area (Å²) in [6, 6.07) is 8.26. The molecule has 82 valence electrons. The van der Waals surface area contributed by atoms with Crippen LogP contribution in [-0.2, 0) is 0 Å². The maximum absolute atomic E-state index is 5.16. The largest absolute Gasteiger partial charge is 0.327 e. The van der Waals surface area contributed by atoms with Crippen molar-refractivity contribution in [2.45, 2.75) is 26.7 Å². The zero-order chi connectivity index (χ0) is 11.3. The monoisotopic (exact) mass is 239 g/mol. The average molecular weight is 239 g/mol. The summed E-state index contributed by atoms with van der Waals surface area (Å²) in [5.74, 6) is 0. The van der Waals surface area contributed by atoms with Gasteiger partial charge in [-0.1, -0.05) is 43.8 Å². The molecular formula is C12H17NS2. The molecular weight excluding hydrogens is 222 g/mol. The summed E-state index contributed by atoms with van der Waals surface area (Å²) in [5.41, 5.74) is 2.41. The second kappa shape index (κ2) is 6.13. The van der Waals surface area contributed by atoms with Crippen molar-refractivity contribution in [3.63, 3.8) is 0 Å². The third kappa shape index (κ3) is 3.50. The molecule has 0 saturated carbocycles. The van der Waals surface area contributed by atoms with Crippen LogP contribution in [0.2, 0.25) is 0 Å². The van der Waals surface area contributed by atoms with Gasteiger partial charge in [0.05, 0.1) is 0 Å². The van der Waals surface area contributed by atoms with E-state index >= 15 is 0 Å². The van der Waals surface area contributed by atoms with Crippen molar-refractivity contribution in [1.29, 1.82) is 0 Å². The minimum Gasteiger partial charge on any atom is -0.327 e. The Bertz CT molecular complexity index is 336. The lowest BCUT2D eigenvalue weighted by Crippen LogP contribution is -2.27. The summed E-state index contributed by atoms with van der Waals surface area (Å²) < 4.78 is 0.651. The Hall–Kier alpha value is -0.540. The van der Waals surface area contributed by atoms with Crippen molar-refractivity contribution in [3.8, 4) is 0 Å². The van der Waals surface area contributed by atoms with E-state index in [9.17, 15) is 0 Å². The molecule has 0 aliphatic rings. The molecule has 0 heterocycles. The number of unbranched alkanes of at least 4 members (excludes halogenated alkanes) is 1. The van der Waals surface area contributed by atoms with Gasteiger partial charge in [-0.25, -0.2) is 0 Å². The van der Waals surface area contributed by atoms with E-state index in [0.717, 1.165) is 13.0 Å². The summed E-state index contributed by atoms with van der Waals surface area (Å²) in [6.07, 6.45) is 2.30. The van der Waals surface area contributed by atoms with Gasteiger partial charge in [-0.05, 0) is 25.0 Å². The van der Waals surface area contributed by atoms with E-state index in [1.165, 1.54) is 17.7 Å². The van der Waals surface area contributed by atoms with Crippen molar-refractivity contribution >= 4 is 34.9 Å². The highest BCUT2D eigenvalue weighted by Gasteiger charge is 2.10. The van der Waals surface area contributed by atoms with Gasteiger partial charge < -0.3 is 4.90 Å². The number of thiocarbonyl (C=S) groups is 1. The predicted octanol–water partition coefficient (Wildman–Crippen LogP) is 3.82. The first-order valence-corrected chi connectivity index (χ1v) is 6.08. The standard InChI is InChI=1S/C12H17NS2/c1-3-4-9-13(12(14)15)11-8-6-5-7-10(11)2/h5-8H,3-4,9H2,1-2H3,(H,14,15). The van der Waals surface area contributed by atoms with Gasteiger partial charge >= 0.3 is 0 Å². The van der Waals surface area contributed by atoms with Gasteiger partial charge in [-0.3, -0.25) is 0 Å². The second-order valence-corrected chi connectivity index (χ2v) is 4.69. The Kier molecular flexibility index (Phi) is 5.12. The van der Waals surface area contributed by atoms with Crippen molar-refractivity contribution in [1.82, 2.24) is 0 Å². The number of para-hydroxylation sites is 1. The van der Waals surface area contributed by atoms with Crippen LogP contribution in [0.3, 0.4) is 0 Å². The Labute approximate surface area is 103 Å². The molecule has 0 atom stereocenters. The molecule has 0 saturated heterocycles. The molecule has 0 aliphatic carbocycles. The fraction of sp³-hybridized carbons (Fsp3) is 0.417. The first kappa shape index (κ1) is 12.5. The van der Waals surface area contributed by atoms with E-state index in [1.807, 2.05) is 12.1 Å². The van der Waals surface area contributed by atoms with E-state index in [2.05, 4.69) is 43.5 Å². The van der Waals surface area contributed by atoms with Crippen LogP contribution in [0.1, 0.15) is 25.3 Å². The lowest BCUT2D eigenvalue weighted by molar-refractivity contribution is 0.799.